The molecule has 1 aromatic carbocycles. The lowest BCUT2D eigenvalue weighted by Crippen LogP contribution is -2.44. The second kappa shape index (κ2) is 8.83. The third-order valence-electron chi connectivity index (χ3n) is 4.75. The molecule has 24 heavy (non-hydrogen) atoms. The zero-order chi connectivity index (χ0) is 17.5. The van der Waals surface area contributed by atoms with E-state index in [9.17, 15) is 9.59 Å². The van der Waals surface area contributed by atoms with Gasteiger partial charge in [0.05, 0.1) is 19.1 Å². The molecule has 1 aliphatic rings. The van der Waals surface area contributed by atoms with E-state index < -0.39 is 0 Å². The molecular weight excluding hydrogens is 302 g/mol. The summed E-state index contributed by atoms with van der Waals surface area (Å²) in [7, 11) is 1.88. The highest BCUT2D eigenvalue weighted by Gasteiger charge is 2.27. The molecule has 5 nitrogen and oxygen atoms in total. The van der Waals surface area contributed by atoms with Crippen molar-refractivity contribution in [2.24, 2.45) is 0 Å². The first-order valence-corrected chi connectivity index (χ1v) is 8.89. The number of likely N-dealkylation sites (N-methyl/N-ethyl adjacent to an activating group) is 3. The molecule has 0 spiro atoms. The van der Waals surface area contributed by atoms with E-state index in [0.29, 0.717) is 13.1 Å². The Bertz CT molecular complexity index is 573. The summed E-state index contributed by atoms with van der Waals surface area (Å²) in [6, 6.07) is 8.55. The standard InChI is InChI=1S/C19H29N3O2/c1-4-20-18(23)13-22(5-2)14-19(24)21(3)17-12-8-10-15-9-6-7-11-16(15)17/h6-7,9,11,17H,4-5,8,10,12-14H2,1-3H3,(H,20,23)/t17-/m0/s1. The maximum atomic E-state index is 12.7. The first kappa shape index (κ1) is 18.5. The fourth-order valence-electron chi connectivity index (χ4n) is 3.34. The Morgan fingerprint density at radius 3 is 2.67 bits per heavy atom. The number of hydrogen-bond donors (Lipinski definition) is 1. The Hall–Kier alpha value is -1.88. The highest BCUT2D eigenvalue weighted by molar-refractivity contribution is 5.81. The van der Waals surface area contributed by atoms with Crippen molar-refractivity contribution in [3.63, 3.8) is 0 Å². The number of carbonyl (C=O) groups excluding carboxylic acids is 2. The van der Waals surface area contributed by atoms with E-state index in [4.69, 9.17) is 0 Å². The van der Waals surface area contributed by atoms with E-state index in [2.05, 4.69) is 23.5 Å². The second-order valence-corrected chi connectivity index (χ2v) is 6.37. The molecular formula is C19H29N3O2. The third-order valence-corrected chi connectivity index (χ3v) is 4.75. The smallest absolute Gasteiger partial charge is 0.237 e. The van der Waals surface area contributed by atoms with E-state index in [-0.39, 0.29) is 30.9 Å². The molecule has 1 aliphatic carbocycles. The number of fused-ring (bicyclic) bond motifs is 1. The number of nitrogens with zero attached hydrogens (tertiary/aromatic N) is 2. The Balaban J connectivity index is 2.00. The number of hydrogen-bond acceptors (Lipinski definition) is 3. The average Bonchev–Trinajstić information content (AvgIpc) is 2.60. The van der Waals surface area contributed by atoms with Crippen LogP contribution in [0.25, 0.3) is 0 Å². The molecule has 0 bridgehead atoms. The summed E-state index contributed by atoms with van der Waals surface area (Å²) in [5, 5.41) is 2.78. The molecule has 0 aliphatic heterocycles. The van der Waals surface area contributed by atoms with Crippen LogP contribution in [-0.2, 0) is 16.0 Å². The van der Waals surface area contributed by atoms with Gasteiger partial charge in [0.15, 0.2) is 0 Å². The van der Waals surface area contributed by atoms with Crippen LogP contribution >= 0.6 is 0 Å². The molecule has 0 aromatic heterocycles. The molecule has 0 saturated heterocycles. The quantitative estimate of drug-likeness (QED) is 0.831. The topological polar surface area (TPSA) is 52.7 Å². The number of amides is 2. The van der Waals surface area contributed by atoms with Gasteiger partial charge in [0.2, 0.25) is 11.8 Å². The van der Waals surface area contributed by atoms with Crippen molar-refractivity contribution in [1.82, 2.24) is 15.1 Å². The Labute approximate surface area is 145 Å². The van der Waals surface area contributed by atoms with Gasteiger partial charge < -0.3 is 10.2 Å². The van der Waals surface area contributed by atoms with Gasteiger partial charge in [0.1, 0.15) is 0 Å². The fourth-order valence-corrected chi connectivity index (χ4v) is 3.34. The van der Waals surface area contributed by atoms with Crippen molar-refractivity contribution in [3.8, 4) is 0 Å². The van der Waals surface area contributed by atoms with Crippen LogP contribution in [0.3, 0.4) is 0 Å². The van der Waals surface area contributed by atoms with Crippen LogP contribution in [0.15, 0.2) is 24.3 Å². The number of aryl methyl sites for hydroxylation is 1. The predicted molar refractivity (Wildman–Crippen MR) is 95.7 cm³/mol. The molecule has 0 fully saturated rings. The van der Waals surface area contributed by atoms with Crippen LogP contribution in [0.2, 0.25) is 0 Å². The largest absolute Gasteiger partial charge is 0.355 e. The minimum absolute atomic E-state index is 0.0298. The van der Waals surface area contributed by atoms with Crippen molar-refractivity contribution < 1.29 is 9.59 Å². The number of benzene rings is 1. The minimum atomic E-state index is -0.0298. The van der Waals surface area contributed by atoms with Gasteiger partial charge in [-0.15, -0.1) is 0 Å². The monoisotopic (exact) mass is 331 g/mol. The number of carbonyl (C=O) groups is 2. The van der Waals surface area contributed by atoms with Crippen molar-refractivity contribution >= 4 is 11.8 Å². The second-order valence-electron chi connectivity index (χ2n) is 6.37. The number of rotatable bonds is 7. The molecule has 1 aromatic rings. The normalized spacial score (nSPS) is 16.6. The summed E-state index contributed by atoms with van der Waals surface area (Å²) in [4.78, 5) is 28.2. The average molecular weight is 331 g/mol. The fraction of sp³-hybridized carbons (Fsp3) is 0.579. The zero-order valence-corrected chi connectivity index (χ0v) is 15.0. The highest BCUT2D eigenvalue weighted by Crippen LogP contribution is 2.33. The Kier molecular flexibility index (Phi) is 6.79. The summed E-state index contributed by atoms with van der Waals surface area (Å²) >= 11 is 0. The predicted octanol–water partition coefficient (Wildman–Crippen LogP) is 1.98. The first-order chi connectivity index (χ1) is 11.6. The van der Waals surface area contributed by atoms with E-state index in [1.807, 2.05) is 36.8 Å². The maximum absolute atomic E-state index is 12.7. The minimum Gasteiger partial charge on any atom is -0.355 e. The molecule has 0 unspecified atom stereocenters. The Morgan fingerprint density at radius 2 is 1.96 bits per heavy atom. The summed E-state index contributed by atoms with van der Waals surface area (Å²) in [6.45, 7) is 5.71. The van der Waals surface area contributed by atoms with E-state index in [0.717, 1.165) is 19.3 Å². The lowest BCUT2D eigenvalue weighted by atomic mass is 9.87. The van der Waals surface area contributed by atoms with Gasteiger partial charge in [0.25, 0.3) is 0 Å². The van der Waals surface area contributed by atoms with Crippen LogP contribution < -0.4 is 5.32 Å². The summed E-state index contributed by atoms with van der Waals surface area (Å²) < 4.78 is 0. The SMILES string of the molecule is CCNC(=O)CN(CC)CC(=O)N(C)[C@H]1CCCc2ccccc21. The summed E-state index contributed by atoms with van der Waals surface area (Å²) in [6.07, 6.45) is 3.20. The summed E-state index contributed by atoms with van der Waals surface area (Å²) in [5.41, 5.74) is 2.62. The third kappa shape index (κ3) is 4.57. The molecule has 0 heterocycles. The van der Waals surface area contributed by atoms with Gasteiger partial charge in [-0.25, -0.2) is 0 Å². The zero-order valence-electron chi connectivity index (χ0n) is 15.0. The van der Waals surface area contributed by atoms with Gasteiger partial charge in [-0.05, 0) is 43.9 Å². The van der Waals surface area contributed by atoms with Crippen molar-refractivity contribution in [2.75, 3.05) is 33.2 Å². The molecule has 0 radical (unpaired) electrons. The van der Waals surface area contributed by atoms with Crippen LogP contribution in [0.1, 0.15) is 43.9 Å². The molecule has 2 amide bonds. The van der Waals surface area contributed by atoms with Crippen molar-refractivity contribution in [3.05, 3.63) is 35.4 Å². The molecule has 1 atom stereocenters. The van der Waals surface area contributed by atoms with Gasteiger partial charge in [-0.1, -0.05) is 31.2 Å². The Morgan fingerprint density at radius 1 is 1.21 bits per heavy atom. The van der Waals surface area contributed by atoms with Gasteiger partial charge >= 0.3 is 0 Å². The molecule has 0 saturated carbocycles. The maximum Gasteiger partial charge on any atom is 0.237 e. The highest BCUT2D eigenvalue weighted by atomic mass is 16.2. The molecule has 5 heteroatoms. The van der Waals surface area contributed by atoms with Gasteiger partial charge in [0, 0.05) is 13.6 Å². The van der Waals surface area contributed by atoms with Crippen LogP contribution in [-0.4, -0.2) is 54.8 Å². The van der Waals surface area contributed by atoms with Crippen LogP contribution in [0.5, 0.6) is 0 Å². The van der Waals surface area contributed by atoms with Crippen molar-refractivity contribution in [2.45, 2.75) is 39.2 Å². The van der Waals surface area contributed by atoms with Gasteiger partial charge in [-0.3, -0.25) is 14.5 Å². The van der Waals surface area contributed by atoms with E-state index in [1.165, 1.54) is 11.1 Å². The van der Waals surface area contributed by atoms with Crippen molar-refractivity contribution in [1.29, 1.82) is 0 Å². The van der Waals surface area contributed by atoms with E-state index in [1.54, 1.807) is 0 Å². The van der Waals surface area contributed by atoms with Gasteiger partial charge in [-0.2, -0.15) is 0 Å². The number of nitrogens with one attached hydrogen (secondary N) is 1. The van der Waals surface area contributed by atoms with E-state index >= 15 is 0 Å². The lowest BCUT2D eigenvalue weighted by molar-refractivity contribution is -0.134. The van der Waals surface area contributed by atoms with Crippen LogP contribution in [0, 0.1) is 0 Å². The first-order valence-electron chi connectivity index (χ1n) is 8.89. The van der Waals surface area contributed by atoms with Crippen LogP contribution in [0.4, 0.5) is 0 Å². The lowest BCUT2D eigenvalue weighted by Gasteiger charge is -2.34. The molecule has 2 rings (SSSR count). The molecule has 132 valence electrons. The summed E-state index contributed by atoms with van der Waals surface area (Å²) in [5.74, 6) is 0.0423. The molecule has 1 N–H and O–H groups in total.